The molecule has 7 heteroatoms. The fourth-order valence-corrected chi connectivity index (χ4v) is 4.18. The van der Waals surface area contributed by atoms with Crippen molar-refractivity contribution in [1.29, 1.82) is 0 Å². The van der Waals surface area contributed by atoms with Crippen LogP contribution in [0.25, 0.3) is 22.2 Å². The van der Waals surface area contributed by atoms with Crippen molar-refractivity contribution < 1.29 is 0 Å². The first kappa shape index (κ1) is 17.3. The molecule has 1 aromatic carbocycles. The SMILES string of the molecule is Cn1cc(-c2ccc(N3CCC(n4ccc5ccc(Cl)cc54)CC3)nn2)cn1. The molecule has 0 bridgehead atoms. The van der Waals surface area contributed by atoms with Gasteiger partial charge in [0.25, 0.3) is 0 Å². The van der Waals surface area contributed by atoms with Gasteiger partial charge in [-0.15, -0.1) is 10.2 Å². The second kappa shape index (κ2) is 6.95. The molecule has 0 saturated carbocycles. The van der Waals surface area contributed by atoms with Gasteiger partial charge in [0, 0.05) is 54.7 Å². The van der Waals surface area contributed by atoms with Crippen LogP contribution in [0, 0.1) is 0 Å². The summed E-state index contributed by atoms with van der Waals surface area (Å²) in [4.78, 5) is 2.31. The fourth-order valence-electron chi connectivity index (χ4n) is 4.02. The molecule has 1 saturated heterocycles. The van der Waals surface area contributed by atoms with Crippen LogP contribution in [0.2, 0.25) is 5.02 Å². The van der Waals surface area contributed by atoms with Gasteiger partial charge in [-0.3, -0.25) is 4.68 Å². The highest BCUT2D eigenvalue weighted by atomic mass is 35.5. The quantitative estimate of drug-likeness (QED) is 0.520. The standard InChI is InChI=1S/C21H21ClN6/c1-26-14-16(13-23-26)19-4-5-21(25-24-19)27-9-7-18(8-10-27)28-11-6-15-2-3-17(22)12-20(15)28/h2-6,11-14,18H,7-10H2,1H3. The zero-order valence-electron chi connectivity index (χ0n) is 15.7. The van der Waals surface area contributed by atoms with Crippen molar-refractivity contribution in [2.75, 3.05) is 18.0 Å². The van der Waals surface area contributed by atoms with Gasteiger partial charge in [0.05, 0.1) is 11.9 Å². The van der Waals surface area contributed by atoms with E-state index in [1.165, 1.54) is 10.9 Å². The Kier molecular flexibility index (Phi) is 4.28. The fraction of sp³-hybridized carbons (Fsp3) is 0.286. The molecule has 1 fully saturated rings. The number of hydrogen-bond acceptors (Lipinski definition) is 4. The van der Waals surface area contributed by atoms with Crippen molar-refractivity contribution >= 4 is 28.3 Å². The van der Waals surface area contributed by atoms with Crippen LogP contribution in [0.3, 0.4) is 0 Å². The van der Waals surface area contributed by atoms with Crippen LogP contribution in [0.15, 0.2) is 55.0 Å². The highest BCUT2D eigenvalue weighted by molar-refractivity contribution is 6.31. The highest BCUT2D eigenvalue weighted by Gasteiger charge is 2.22. The van der Waals surface area contributed by atoms with Gasteiger partial charge in [-0.25, -0.2) is 0 Å². The molecule has 1 aliphatic heterocycles. The smallest absolute Gasteiger partial charge is 0.151 e. The third-order valence-electron chi connectivity index (χ3n) is 5.52. The number of rotatable bonds is 3. The Balaban J connectivity index is 1.29. The second-order valence-electron chi connectivity index (χ2n) is 7.32. The molecule has 6 nitrogen and oxygen atoms in total. The van der Waals surface area contributed by atoms with Gasteiger partial charge in [0.15, 0.2) is 5.82 Å². The molecular formula is C21H21ClN6. The second-order valence-corrected chi connectivity index (χ2v) is 7.76. The molecule has 0 N–H and O–H groups in total. The lowest BCUT2D eigenvalue weighted by molar-refractivity contribution is 0.404. The maximum Gasteiger partial charge on any atom is 0.151 e. The van der Waals surface area contributed by atoms with E-state index in [4.69, 9.17) is 11.6 Å². The number of halogens is 1. The van der Waals surface area contributed by atoms with Gasteiger partial charge < -0.3 is 9.47 Å². The summed E-state index contributed by atoms with van der Waals surface area (Å²) in [6.45, 7) is 1.93. The van der Waals surface area contributed by atoms with E-state index in [2.05, 4.69) is 55.2 Å². The monoisotopic (exact) mass is 392 g/mol. The van der Waals surface area contributed by atoms with Gasteiger partial charge in [-0.1, -0.05) is 17.7 Å². The van der Waals surface area contributed by atoms with E-state index in [-0.39, 0.29) is 0 Å². The van der Waals surface area contributed by atoms with Crippen molar-refractivity contribution in [1.82, 2.24) is 24.5 Å². The molecule has 1 aliphatic rings. The van der Waals surface area contributed by atoms with E-state index in [0.717, 1.165) is 48.0 Å². The molecule has 4 aromatic rings. The Bertz CT molecular complexity index is 1110. The molecule has 0 aliphatic carbocycles. The Labute approximate surface area is 168 Å². The molecule has 28 heavy (non-hydrogen) atoms. The first-order valence-corrected chi connectivity index (χ1v) is 9.89. The molecule has 0 unspecified atom stereocenters. The van der Waals surface area contributed by atoms with E-state index < -0.39 is 0 Å². The number of aromatic nitrogens is 5. The molecule has 0 atom stereocenters. The maximum absolute atomic E-state index is 6.21. The molecule has 5 rings (SSSR count). The Morgan fingerprint density at radius 2 is 1.89 bits per heavy atom. The zero-order valence-corrected chi connectivity index (χ0v) is 16.4. The summed E-state index contributed by atoms with van der Waals surface area (Å²) >= 11 is 6.21. The van der Waals surface area contributed by atoms with Crippen molar-refractivity contribution in [2.24, 2.45) is 7.05 Å². The number of benzene rings is 1. The summed E-state index contributed by atoms with van der Waals surface area (Å²) in [7, 11) is 1.90. The third kappa shape index (κ3) is 3.14. The molecule has 0 radical (unpaired) electrons. The highest BCUT2D eigenvalue weighted by Crippen LogP contribution is 2.30. The lowest BCUT2D eigenvalue weighted by atomic mass is 10.0. The molecular weight excluding hydrogens is 372 g/mol. The Hall–Kier alpha value is -2.86. The molecule has 3 aromatic heterocycles. The number of hydrogen-bond donors (Lipinski definition) is 0. The van der Waals surface area contributed by atoms with E-state index in [1.54, 1.807) is 4.68 Å². The number of nitrogens with zero attached hydrogens (tertiary/aromatic N) is 6. The molecule has 0 amide bonds. The van der Waals surface area contributed by atoms with Crippen LogP contribution in [0.1, 0.15) is 18.9 Å². The van der Waals surface area contributed by atoms with Crippen molar-refractivity contribution in [3.63, 3.8) is 0 Å². The van der Waals surface area contributed by atoms with Gasteiger partial charge in [-0.2, -0.15) is 5.10 Å². The maximum atomic E-state index is 6.21. The van der Waals surface area contributed by atoms with Crippen molar-refractivity contribution in [3.05, 3.63) is 60.0 Å². The minimum Gasteiger partial charge on any atom is -0.355 e. The van der Waals surface area contributed by atoms with Crippen LogP contribution >= 0.6 is 11.6 Å². The van der Waals surface area contributed by atoms with Gasteiger partial charge in [0.2, 0.25) is 0 Å². The zero-order chi connectivity index (χ0) is 19.1. The van der Waals surface area contributed by atoms with E-state index in [0.29, 0.717) is 6.04 Å². The summed E-state index contributed by atoms with van der Waals surface area (Å²) in [5.74, 6) is 0.937. The summed E-state index contributed by atoms with van der Waals surface area (Å²) in [5, 5.41) is 15.1. The lowest BCUT2D eigenvalue weighted by Gasteiger charge is -2.33. The van der Waals surface area contributed by atoms with Crippen LogP contribution in [-0.4, -0.2) is 37.6 Å². The Morgan fingerprint density at radius 3 is 2.61 bits per heavy atom. The average molecular weight is 393 g/mol. The number of aryl methyl sites for hydroxylation is 1. The first-order valence-electron chi connectivity index (χ1n) is 9.51. The van der Waals surface area contributed by atoms with Crippen LogP contribution < -0.4 is 4.90 Å². The van der Waals surface area contributed by atoms with Gasteiger partial charge in [0.1, 0.15) is 0 Å². The van der Waals surface area contributed by atoms with Crippen molar-refractivity contribution in [3.8, 4) is 11.3 Å². The normalized spacial score (nSPS) is 15.4. The van der Waals surface area contributed by atoms with Gasteiger partial charge >= 0.3 is 0 Å². The molecule has 0 spiro atoms. The van der Waals surface area contributed by atoms with Crippen molar-refractivity contribution in [2.45, 2.75) is 18.9 Å². The third-order valence-corrected chi connectivity index (χ3v) is 5.75. The minimum atomic E-state index is 0.481. The Morgan fingerprint density at radius 1 is 1.04 bits per heavy atom. The summed E-state index contributed by atoms with van der Waals surface area (Å²) in [5.41, 5.74) is 3.05. The number of fused-ring (bicyclic) bond motifs is 1. The van der Waals surface area contributed by atoms with E-state index in [9.17, 15) is 0 Å². The summed E-state index contributed by atoms with van der Waals surface area (Å²) in [6, 6.07) is 12.8. The van der Waals surface area contributed by atoms with Crippen LogP contribution in [-0.2, 0) is 7.05 Å². The predicted molar refractivity (Wildman–Crippen MR) is 112 cm³/mol. The summed E-state index contributed by atoms with van der Waals surface area (Å²) in [6.07, 6.45) is 8.08. The molecule has 142 valence electrons. The predicted octanol–water partition coefficient (Wildman–Crippen LogP) is 4.33. The largest absolute Gasteiger partial charge is 0.355 e. The summed E-state index contributed by atoms with van der Waals surface area (Å²) < 4.78 is 4.14. The van der Waals surface area contributed by atoms with Gasteiger partial charge in [-0.05, 0) is 48.6 Å². The van der Waals surface area contributed by atoms with Crippen LogP contribution in [0.4, 0.5) is 5.82 Å². The number of piperidine rings is 1. The van der Waals surface area contributed by atoms with Crippen LogP contribution in [0.5, 0.6) is 0 Å². The average Bonchev–Trinajstić information content (AvgIpc) is 3.34. The first-order chi connectivity index (χ1) is 13.7. The van der Waals surface area contributed by atoms with E-state index >= 15 is 0 Å². The number of anilines is 1. The topological polar surface area (TPSA) is 51.8 Å². The van der Waals surface area contributed by atoms with E-state index in [1.807, 2.05) is 31.6 Å². The molecule has 4 heterocycles. The minimum absolute atomic E-state index is 0.481. The lowest BCUT2D eigenvalue weighted by Crippen LogP contribution is -2.35.